The normalized spacial score (nSPS) is 19.5. The lowest BCUT2D eigenvalue weighted by molar-refractivity contribution is -0.127. The van der Waals surface area contributed by atoms with Gasteiger partial charge in [-0.25, -0.2) is 0 Å². The summed E-state index contributed by atoms with van der Waals surface area (Å²) in [5, 5.41) is 9.64. The van der Waals surface area contributed by atoms with Gasteiger partial charge in [0.05, 0.1) is 0 Å². The molecule has 0 spiro atoms. The number of carbonyl (C=O) groups is 1. The van der Waals surface area contributed by atoms with Crippen molar-refractivity contribution < 1.29 is 9.90 Å². The molecule has 0 aromatic heterocycles. The first-order chi connectivity index (χ1) is 9.70. The third-order valence-electron chi connectivity index (χ3n) is 3.68. The summed E-state index contributed by atoms with van der Waals surface area (Å²) in [7, 11) is 0. The molecule has 1 N–H and O–H groups in total. The standard InChI is InChI=1S/C16H20ClNO2/c17-15-6-2-1-5-14(15)7-8-16(20)18-10-3-4-13(12-18)9-11-19/h1-2,5-8,13,19H,3-4,9-12H2. The van der Waals surface area contributed by atoms with Crippen molar-refractivity contribution in [3.05, 3.63) is 40.9 Å². The summed E-state index contributed by atoms with van der Waals surface area (Å²) in [4.78, 5) is 14.0. The van der Waals surface area contributed by atoms with Gasteiger partial charge in [-0.15, -0.1) is 0 Å². The predicted molar refractivity (Wildman–Crippen MR) is 81.5 cm³/mol. The van der Waals surface area contributed by atoms with E-state index < -0.39 is 0 Å². The molecule has 3 nitrogen and oxygen atoms in total. The highest BCUT2D eigenvalue weighted by molar-refractivity contribution is 6.32. The maximum atomic E-state index is 12.2. The number of nitrogens with zero attached hydrogens (tertiary/aromatic N) is 1. The van der Waals surface area contributed by atoms with Crippen molar-refractivity contribution in [2.75, 3.05) is 19.7 Å². The van der Waals surface area contributed by atoms with Gasteiger partial charge in [-0.1, -0.05) is 29.8 Å². The van der Waals surface area contributed by atoms with Crippen molar-refractivity contribution in [3.8, 4) is 0 Å². The van der Waals surface area contributed by atoms with Crippen LogP contribution in [0, 0.1) is 5.92 Å². The first kappa shape index (κ1) is 15.1. The lowest BCUT2D eigenvalue weighted by Gasteiger charge is -2.31. The van der Waals surface area contributed by atoms with Crippen molar-refractivity contribution in [2.45, 2.75) is 19.3 Å². The van der Waals surface area contributed by atoms with Crippen LogP contribution in [0.1, 0.15) is 24.8 Å². The quantitative estimate of drug-likeness (QED) is 0.867. The number of halogens is 1. The molecule has 1 saturated heterocycles. The Balaban J connectivity index is 1.96. The maximum absolute atomic E-state index is 12.2. The van der Waals surface area contributed by atoms with Crippen molar-refractivity contribution in [1.29, 1.82) is 0 Å². The molecule has 1 aliphatic rings. The van der Waals surface area contributed by atoms with E-state index in [9.17, 15) is 4.79 Å². The summed E-state index contributed by atoms with van der Waals surface area (Å²) in [6.07, 6.45) is 6.23. The smallest absolute Gasteiger partial charge is 0.246 e. The number of aliphatic hydroxyl groups is 1. The van der Waals surface area contributed by atoms with E-state index in [1.54, 1.807) is 12.2 Å². The molecule has 0 aliphatic carbocycles. The zero-order valence-corrected chi connectivity index (χ0v) is 12.2. The maximum Gasteiger partial charge on any atom is 0.246 e. The number of hydrogen-bond acceptors (Lipinski definition) is 2. The molecule has 1 aromatic carbocycles. The summed E-state index contributed by atoms with van der Waals surface area (Å²) in [6, 6.07) is 7.46. The van der Waals surface area contributed by atoms with Gasteiger partial charge in [0.2, 0.25) is 5.91 Å². The molecular formula is C16H20ClNO2. The molecular weight excluding hydrogens is 274 g/mol. The van der Waals surface area contributed by atoms with E-state index in [-0.39, 0.29) is 12.5 Å². The Hall–Kier alpha value is -1.32. The summed E-state index contributed by atoms with van der Waals surface area (Å²) < 4.78 is 0. The van der Waals surface area contributed by atoms with E-state index in [2.05, 4.69) is 0 Å². The molecule has 1 aromatic rings. The van der Waals surface area contributed by atoms with Crippen LogP contribution in [0.25, 0.3) is 6.08 Å². The highest BCUT2D eigenvalue weighted by Gasteiger charge is 2.21. The van der Waals surface area contributed by atoms with Gasteiger partial charge in [-0.3, -0.25) is 4.79 Å². The van der Waals surface area contributed by atoms with Gasteiger partial charge in [0.25, 0.3) is 0 Å². The van der Waals surface area contributed by atoms with Gasteiger partial charge in [0.15, 0.2) is 0 Å². The molecule has 1 heterocycles. The molecule has 0 bridgehead atoms. The molecule has 4 heteroatoms. The predicted octanol–water partition coefficient (Wildman–Crippen LogP) is 2.97. The SMILES string of the molecule is O=C(C=Cc1ccccc1Cl)N1CCCC(CCO)C1. The summed E-state index contributed by atoms with van der Waals surface area (Å²) in [6.45, 7) is 1.74. The zero-order chi connectivity index (χ0) is 14.4. The highest BCUT2D eigenvalue weighted by atomic mass is 35.5. The Morgan fingerprint density at radius 3 is 3.00 bits per heavy atom. The fourth-order valence-electron chi connectivity index (χ4n) is 2.56. The van der Waals surface area contributed by atoms with Crippen LogP contribution in [-0.4, -0.2) is 35.6 Å². The van der Waals surface area contributed by atoms with E-state index in [1.807, 2.05) is 29.2 Å². The van der Waals surface area contributed by atoms with Crippen LogP contribution in [0.2, 0.25) is 5.02 Å². The number of piperidine rings is 1. The lowest BCUT2D eigenvalue weighted by atomic mass is 9.95. The molecule has 108 valence electrons. The van der Waals surface area contributed by atoms with Gasteiger partial charge in [0.1, 0.15) is 0 Å². The minimum Gasteiger partial charge on any atom is -0.396 e. The molecule has 20 heavy (non-hydrogen) atoms. The second-order valence-electron chi connectivity index (χ2n) is 5.16. The number of hydrogen-bond donors (Lipinski definition) is 1. The lowest BCUT2D eigenvalue weighted by Crippen LogP contribution is -2.39. The Kier molecular flexibility index (Phi) is 5.62. The van der Waals surface area contributed by atoms with E-state index in [0.717, 1.165) is 37.9 Å². The average molecular weight is 294 g/mol. The van der Waals surface area contributed by atoms with Crippen molar-refractivity contribution in [3.63, 3.8) is 0 Å². The highest BCUT2D eigenvalue weighted by Crippen LogP contribution is 2.20. The first-order valence-corrected chi connectivity index (χ1v) is 7.41. The van der Waals surface area contributed by atoms with E-state index >= 15 is 0 Å². The Bertz CT molecular complexity index is 485. The molecule has 1 atom stereocenters. The van der Waals surface area contributed by atoms with Crippen LogP contribution >= 0.6 is 11.6 Å². The van der Waals surface area contributed by atoms with E-state index in [1.165, 1.54) is 0 Å². The van der Waals surface area contributed by atoms with Crippen LogP contribution in [0.15, 0.2) is 30.3 Å². The Morgan fingerprint density at radius 1 is 1.45 bits per heavy atom. The van der Waals surface area contributed by atoms with Gasteiger partial charge < -0.3 is 10.0 Å². The van der Waals surface area contributed by atoms with Crippen LogP contribution in [0.3, 0.4) is 0 Å². The monoisotopic (exact) mass is 293 g/mol. The zero-order valence-electron chi connectivity index (χ0n) is 11.5. The average Bonchev–Trinajstić information content (AvgIpc) is 2.47. The minimum absolute atomic E-state index is 0.0209. The van der Waals surface area contributed by atoms with Crippen molar-refractivity contribution in [1.82, 2.24) is 4.90 Å². The largest absolute Gasteiger partial charge is 0.396 e. The minimum atomic E-state index is 0.0209. The van der Waals surface area contributed by atoms with Crippen LogP contribution in [0.5, 0.6) is 0 Å². The second kappa shape index (κ2) is 7.46. The van der Waals surface area contributed by atoms with Crippen molar-refractivity contribution >= 4 is 23.6 Å². The van der Waals surface area contributed by atoms with E-state index in [4.69, 9.17) is 16.7 Å². The molecule has 2 rings (SSSR count). The van der Waals surface area contributed by atoms with Gasteiger partial charge in [0, 0.05) is 30.8 Å². The molecule has 0 saturated carbocycles. The van der Waals surface area contributed by atoms with Crippen LogP contribution in [-0.2, 0) is 4.79 Å². The third kappa shape index (κ3) is 4.09. The molecule has 1 amide bonds. The number of likely N-dealkylation sites (tertiary alicyclic amines) is 1. The Morgan fingerprint density at radius 2 is 2.25 bits per heavy atom. The summed E-state index contributed by atoms with van der Waals surface area (Å²) in [5.41, 5.74) is 0.853. The van der Waals surface area contributed by atoms with Crippen LogP contribution < -0.4 is 0 Å². The molecule has 0 radical (unpaired) electrons. The van der Waals surface area contributed by atoms with E-state index in [0.29, 0.717) is 10.9 Å². The number of aliphatic hydroxyl groups excluding tert-OH is 1. The fraction of sp³-hybridized carbons (Fsp3) is 0.438. The topological polar surface area (TPSA) is 40.5 Å². The number of carbonyl (C=O) groups excluding carboxylic acids is 1. The first-order valence-electron chi connectivity index (χ1n) is 7.03. The van der Waals surface area contributed by atoms with Gasteiger partial charge in [-0.05, 0) is 42.9 Å². The molecule has 1 aliphatic heterocycles. The second-order valence-corrected chi connectivity index (χ2v) is 5.57. The van der Waals surface area contributed by atoms with Crippen LogP contribution in [0.4, 0.5) is 0 Å². The summed E-state index contributed by atoms with van der Waals surface area (Å²) >= 11 is 6.05. The molecule has 1 unspecified atom stereocenters. The summed E-state index contributed by atoms with van der Waals surface area (Å²) in [5.74, 6) is 0.443. The number of benzene rings is 1. The van der Waals surface area contributed by atoms with Gasteiger partial charge >= 0.3 is 0 Å². The van der Waals surface area contributed by atoms with Crippen molar-refractivity contribution in [2.24, 2.45) is 5.92 Å². The van der Waals surface area contributed by atoms with Gasteiger partial charge in [-0.2, -0.15) is 0 Å². The fourth-order valence-corrected chi connectivity index (χ4v) is 2.76. The third-order valence-corrected chi connectivity index (χ3v) is 4.02. The number of rotatable bonds is 4. The number of amides is 1. The Labute approximate surface area is 124 Å². The molecule has 1 fully saturated rings.